The van der Waals surface area contributed by atoms with E-state index in [0.29, 0.717) is 0 Å². The van der Waals surface area contributed by atoms with Crippen molar-refractivity contribution in [1.29, 1.82) is 0 Å². The molecule has 0 saturated carbocycles. The standard InChI is InChI=1S/C8H12.CH4/c1-5-6-8(4)7(2)3;/h5-6H,1-2H2,3-4H3;1H4/b8-6-;. The van der Waals surface area contributed by atoms with E-state index in [-0.39, 0.29) is 7.43 Å². The van der Waals surface area contributed by atoms with Crippen LogP contribution >= 0.6 is 0 Å². The number of hydrogen-bond acceptors (Lipinski definition) is 0. The Morgan fingerprint density at radius 2 is 1.78 bits per heavy atom. The van der Waals surface area contributed by atoms with Gasteiger partial charge in [-0.05, 0) is 19.4 Å². The van der Waals surface area contributed by atoms with Crippen molar-refractivity contribution in [2.45, 2.75) is 21.3 Å². The van der Waals surface area contributed by atoms with Gasteiger partial charge in [-0.25, -0.2) is 0 Å². The molecule has 0 heteroatoms. The van der Waals surface area contributed by atoms with E-state index in [9.17, 15) is 0 Å². The highest BCUT2D eigenvalue weighted by Crippen LogP contribution is 2.03. The zero-order valence-corrected chi connectivity index (χ0v) is 5.57. The Kier molecular flexibility index (Phi) is 6.59. The average Bonchev–Trinajstić information content (AvgIpc) is 1.67. The number of hydrogen-bond donors (Lipinski definition) is 0. The molecular formula is C9H16. The summed E-state index contributed by atoms with van der Waals surface area (Å²) in [4.78, 5) is 0. The summed E-state index contributed by atoms with van der Waals surface area (Å²) < 4.78 is 0. The lowest BCUT2D eigenvalue weighted by Crippen LogP contribution is -1.72. The van der Waals surface area contributed by atoms with Crippen molar-refractivity contribution in [2.24, 2.45) is 0 Å². The molecule has 0 aromatic rings. The first-order valence-corrected chi connectivity index (χ1v) is 2.63. The van der Waals surface area contributed by atoms with Crippen molar-refractivity contribution >= 4 is 0 Å². The van der Waals surface area contributed by atoms with Crippen LogP contribution in [0.4, 0.5) is 0 Å². The number of rotatable bonds is 2. The quantitative estimate of drug-likeness (QED) is 0.495. The lowest BCUT2D eigenvalue weighted by atomic mass is 10.1. The van der Waals surface area contributed by atoms with E-state index in [1.807, 2.05) is 19.9 Å². The van der Waals surface area contributed by atoms with Gasteiger partial charge in [-0.15, -0.1) is 0 Å². The first kappa shape index (κ1) is 11.1. The van der Waals surface area contributed by atoms with E-state index in [0.717, 1.165) is 5.57 Å². The molecule has 0 heterocycles. The van der Waals surface area contributed by atoms with E-state index in [1.54, 1.807) is 6.08 Å². The lowest BCUT2D eigenvalue weighted by Gasteiger charge is -1.92. The van der Waals surface area contributed by atoms with Gasteiger partial charge in [-0.3, -0.25) is 0 Å². The van der Waals surface area contributed by atoms with Crippen LogP contribution in [0.2, 0.25) is 0 Å². The van der Waals surface area contributed by atoms with Gasteiger partial charge < -0.3 is 0 Å². The molecule has 0 atom stereocenters. The highest BCUT2D eigenvalue weighted by atomic mass is 13.9. The zero-order valence-electron chi connectivity index (χ0n) is 5.57. The molecule has 0 aliphatic heterocycles. The van der Waals surface area contributed by atoms with Gasteiger partial charge in [0, 0.05) is 0 Å². The fourth-order valence-electron chi connectivity index (χ4n) is 0.319. The molecule has 52 valence electrons. The van der Waals surface area contributed by atoms with E-state index >= 15 is 0 Å². The normalized spacial score (nSPS) is 9.78. The zero-order chi connectivity index (χ0) is 6.57. The van der Waals surface area contributed by atoms with E-state index in [1.165, 1.54) is 5.57 Å². The van der Waals surface area contributed by atoms with Crippen molar-refractivity contribution in [3.05, 3.63) is 36.5 Å². The van der Waals surface area contributed by atoms with Crippen LogP contribution in [-0.2, 0) is 0 Å². The van der Waals surface area contributed by atoms with Crippen molar-refractivity contribution < 1.29 is 0 Å². The van der Waals surface area contributed by atoms with Gasteiger partial charge in [0.15, 0.2) is 0 Å². The van der Waals surface area contributed by atoms with Crippen LogP contribution in [0.3, 0.4) is 0 Å². The van der Waals surface area contributed by atoms with Gasteiger partial charge >= 0.3 is 0 Å². The summed E-state index contributed by atoms with van der Waals surface area (Å²) in [7, 11) is 0. The first-order chi connectivity index (χ1) is 3.68. The average molecular weight is 124 g/mol. The Balaban J connectivity index is 0. The summed E-state index contributed by atoms with van der Waals surface area (Å²) in [6.45, 7) is 11.3. The van der Waals surface area contributed by atoms with Gasteiger partial charge in [0.2, 0.25) is 0 Å². The van der Waals surface area contributed by atoms with Crippen LogP contribution in [0, 0.1) is 0 Å². The Morgan fingerprint density at radius 1 is 1.33 bits per heavy atom. The second-order valence-electron chi connectivity index (χ2n) is 1.87. The van der Waals surface area contributed by atoms with Crippen LogP contribution < -0.4 is 0 Å². The maximum absolute atomic E-state index is 3.76. The first-order valence-electron chi connectivity index (χ1n) is 2.63. The van der Waals surface area contributed by atoms with Crippen molar-refractivity contribution in [3.63, 3.8) is 0 Å². The van der Waals surface area contributed by atoms with Crippen LogP contribution in [0.5, 0.6) is 0 Å². The molecule has 0 aliphatic carbocycles. The monoisotopic (exact) mass is 124 g/mol. The Morgan fingerprint density at radius 3 is 1.89 bits per heavy atom. The molecule has 0 amide bonds. The summed E-state index contributed by atoms with van der Waals surface area (Å²) >= 11 is 0. The topological polar surface area (TPSA) is 0 Å². The molecule has 0 rings (SSSR count). The third-order valence-corrected chi connectivity index (χ3v) is 1.04. The molecule has 0 spiro atoms. The van der Waals surface area contributed by atoms with Gasteiger partial charge in [-0.1, -0.05) is 38.3 Å². The summed E-state index contributed by atoms with van der Waals surface area (Å²) in [5.41, 5.74) is 2.30. The minimum atomic E-state index is 0. The third-order valence-electron chi connectivity index (χ3n) is 1.04. The molecule has 0 N–H and O–H groups in total. The Bertz CT molecular complexity index is 127. The van der Waals surface area contributed by atoms with Crippen molar-refractivity contribution in [2.75, 3.05) is 0 Å². The fraction of sp³-hybridized carbons (Fsp3) is 0.333. The maximum atomic E-state index is 3.76. The summed E-state index contributed by atoms with van der Waals surface area (Å²) in [5.74, 6) is 0. The van der Waals surface area contributed by atoms with Crippen molar-refractivity contribution in [3.8, 4) is 0 Å². The van der Waals surface area contributed by atoms with Crippen LogP contribution in [-0.4, -0.2) is 0 Å². The van der Waals surface area contributed by atoms with Gasteiger partial charge in [0.25, 0.3) is 0 Å². The molecule has 0 aromatic heterocycles. The van der Waals surface area contributed by atoms with Crippen LogP contribution in [0.15, 0.2) is 36.5 Å². The highest BCUT2D eigenvalue weighted by Gasteiger charge is 1.82. The van der Waals surface area contributed by atoms with Gasteiger partial charge in [-0.2, -0.15) is 0 Å². The molecule has 0 nitrogen and oxygen atoms in total. The summed E-state index contributed by atoms with van der Waals surface area (Å²) in [6, 6.07) is 0. The summed E-state index contributed by atoms with van der Waals surface area (Å²) in [6.07, 6.45) is 3.71. The van der Waals surface area contributed by atoms with E-state index in [4.69, 9.17) is 0 Å². The Hall–Kier alpha value is -0.780. The second kappa shape index (κ2) is 5.36. The smallest absolute Gasteiger partial charge is 0.0395 e. The molecule has 0 radical (unpaired) electrons. The molecule has 9 heavy (non-hydrogen) atoms. The molecule has 0 unspecified atom stereocenters. The molecule has 0 aliphatic rings. The van der Waals surface area contributed by atoms with Crippen molar-refractivity contribution in [1.82, 2.24) is 0 Å². The SMILES string of the molecule is C.C=C/C=C(/C)C(=C)C. The fourth-order valence-corrected chi connectivity index (χ4v) is 0.319. The van der Waals surface area contributed by atoms with Crippen LogP contribution in [0.1, 0.15) is 21.3 Å². The summed E-state index contributed by atoms with van der Waals surface area (Å²) in [5, 5.41) is 0. The maximum Gasteiger partial charge on any atom is -0.0395 e. The third kappa shape index (κ3) is 5.09. The highest BCUT2D eigenvalue weighted by molar-refractivity contribution is 5.26. The molecule has 0 bridgehead atoms. The predicted octanol–water partition coefficient (Wildman–Crippen LogP) is 3.33. The molecular weight excluding hydrogens is 108 g/mol. The largest absolute Gasteiger partial charge is 0.0991 e. The number of allylic oxidation sites excluding steroid dienone is 4. The Labute approximate surface area is 58.6 Å². The molecule has 0 fully saturated rings. The second-order valence-corrected chi connectivity index (χ2v) is 1.87. The van der Waals surface area contributed by atoms with Gasteiger partial charge in [0.05, 0.1) is 0 Å². The minimum Gasteiger partial charge on any atom is -0.0991 e. The van der Waals surface area contributed by atoms with Gasteiger partial charge in [0.1, 0.15) is 0 Å². The van der Waals surface area contributed by atoms with E-state index in [2.05, 4.69) is 13.2 Å². The van der Waals surface area contributed by atoms with Crippen LogP contribution in [0.25, 0.3) is 0 Å². The minimum absolute atomic E-state index is 0. The molecule has 0 saturated heterocycles. The lowest BCUT2D eigenvalue weighted by molar-refractivity contribution is 1.37. The van der Waals surface area contributed by atoms with E-state index < -0.39 is 0 Å². The molecule has 0 aromatic carbocycles. The predicted molar refractivity (Wildman–Crippen MR) is 45.5 cm³/mol.